The van der Waals surface area contributed by atoms with Crippen molar-refractivity contribution in [1.82, 2.24) is 19.9 Å². The number of pyridine rings is 1. The van der Waals surface area contributed by atoms with Crippen LogP contribution in [0.5, 0.6) is 0 Å². The number of nitrogens with one attached hydrogen (secondary N) is 2. The molecular weight excluding hydrogens is 370 g/mol. The first-order valence-electron chi connectivity index (χ1n) is 9.84. The van der Waals surface area contributed by atoms with E-state index in [0.29, 0.717) is 0 Å². The minimum absolute atomic E-state index is 0.884. The molecule has 4 aromatic rings. The number of H-pyrrole nitrogens is 2. The third kappa shape index (κ3) is 3.02. The van der Waals surface area contributed by atoms with Crippen molar-refractivity contribution in [3.8, 4) is 5.69 Å². The molecule has 0 aliphatic carbocycles. The van der Waals surface area contributed by atoms with Crippen molar-refractivity contribution < 1.29 is 4.57 Å². The second-order valence-corrected chi connectivity index (χ2v) is 7.31. The first-order chi connectivity index (χ1) is 14.8. The summed E-state index contributed by atoms with van der Waals surface area (Å²) in [6.07, 6.45) is 12.2. The maximum atomic E-state index is 4.88. The van der Waals surface area contributed by atoms with Crippen LogP contribution in [0.4, 0.5) is 0 Å². The molecule has 5 heteroatoms. The monoisotopic (exact) mass is 388 g/mol. The fourth-order valence-corrected chi connectivity index (χ4v) is 3.81. The molecular formula is C25H18N5+. The fraction of sp³-hybridized carbons (Fsp3) is 0. The Morgan fingerprint density at radius 1 is 0.567 bits per heavy atom. The SMILES string of the molecule is C1=Cc2nc1cc1ccc(cc3ccc(cc4nc(c2-[n+]2ccccc2)C=C4)[nH]3)[nH]1. The number of hydrogen-bond acceptors (Lipinski definition) is 2. The van der Waals surface area contributed by atoms with Crippen molar-refractivity contribution in [2.75, 3.05) is 0 Å². The van der Waals surface area contributed by atoms with Crippen LogP contribution >= 0.6 is 0 Å². The molecule has 6 rings (SSSR count). The molecule has 0 unspecified atom stereocenters. The molecule has 0 radical (unpaired) electrons. The number of nitrogens with zero attached hydrogens (tertiary/aromatic N) is 3. The summed E-state index contributed by atoms with van der Waals surface area (Å²) in [5.41, 5.74) is 8.63. The van der Waals surface area contributed by atoms with Gasteiger partial charge in [-0.2, -0.15) is 4.57 Å². The van der Waals surface area contributed by atoms with Gasteiger partial charge in [0.2, 0.25) is 0 Å². The lowest BCUT2D eigenvalue weighted by molar-refractivity contribution is -0.596. The van der Waals surface area contributed by atoms with Gasteiger partial charge in [-0.15, -0.1) is 0 Å². The van der Waals surface area contributed by atoms with E-state index in [1.165, 1.54) is 0 Å². The van der Waals surface area contributed by atoms with E-state index in [1.54, 1.807) is 0 Å². The predicted molar refractivity (Wildman–Crippen MR) is 120 cm³/mol. The normalized spacial score (nSPS) is 12.4. The van der Waals surface area contributed by atoms with Gasteiger partial charge in [0.15, 0.2) is 12.4 Å². The molecule has 0 atom stereocenters. The van der Waals surface area contributed by atoms with Crippen molar-refractivity contribution in [1.29, 1.82) is 0 Å². The van der Waals surface area contributed by atoms with Gasteiger partial charge in [-0.25, -0.2) is 9.97 Å². The third-order valence-corrected chi connectivity index (χ3v) is 5.16. The molecule has 0 spiro atoms. The quantitative estimate of drug-likeness (QED) is 0.392. The van der Waals surface area contributed by atoms with Crippen molar-refractivity contribution in [3.05, 3.63) is 95.8 Å². The van der Waals surface area contributed by atoms with E-state index in [0.717, 1.165) is 50.5 Å². The smallest absolute Gasteiger partial charge is 0.262 e. The number of fused-ring (bicyclic) bond motifs is 8. The largest absolute Gasteiger partial charge is 0.355 e. The van der Waals surface area contributed by atoms with E-state index in [2.05, 4.69) is 57.0 Å². The average Bonchev–Trinajstić information content (AvgIpc) is 3.54. The Hall–Kier alpha value is -4.25. The lowest BCUT2D eigenvalue weighted by Gasteiger charge is -1.97. The van der Waals surface area contributed by atoms with Gasteiger partial charge in [0.25, 0.3) is 5.69 Å². The fourth-order valence-electron chi connectivity index (χ4n) is 3.81. The van der Waals surface area contributed by atoms with Crippen molar-refractivity contribution in [2.24, 2.45) is 0 Å². The molecule has 4 aromatic heterocycles. The second-order valence-electron chi connectivity index (χ2n) is 7.31. The van der Waals surface area contributed by atoms with Gasteiger partial charge in [0.05, 0.1) is 11.4 Å². The molecule has 0 saturated heterocycles. The predicted octanol–water partition coefficient (Wildman–Crippen LogP) is 4.93. The van der Waals surface area contributed by atoms with E-state index >= 15 is 0 Å². The van der Waals surface area contributed by atoms with Crippen LogP contribution < -0.4 is 4.57 Å². The molecule has 2 aliphatic rings. The molecule has 2 aliphatic heterocycles. The minimum Gasteiger partial charge on any atom is -0.355 e. The summed E-state index contributed by atoms with van der Waals surface area (Å²) in [7, 11) is 0. The van der Waals surface area contributed by atoms with Gasteiger partial charge in [-0.3, -0.25) is 0 Å². The Morgan fingerprint density at radius 3 is 1.60 bits per heavy atom. The summed E-state index contributed by atoms with van der Waals surface area (Å²) >= 11 is 0. The highest BCUT2D eigenvalue weighted by Crippen LogP contribution is 2.22. The molecule has 8 bridgehead atoms. The number of hydrogen-bond donors (Lipinski definition) is 2. The zero-order valence-electron chi connectivity index (χ0n) is 16.1. The van der Waals surface area contributed by atoms with Gasteiger partial charge in [0.1, 0.15) is 11.4 Å². The molecule has 30 heavy (non-hydrogen) atoms. The third-order valence-electron chi connectivity index (χ3n) is 5.16. The van der Waals surface area contributed by atoms with E-state index in [4.69, 9.17) is 9.97 Å². The highest BCUT2D eigenvalue weighted by molar-refractivity contribution is 5.81. The molecule has 0 aromatic carbocycles. The van der Waals surface area contributed by atoms with Gasteiger partial charge >= 0.3 is 0 Å². The average molecular weight is 388 g/mol. The van der Waals surface area contributed by atoms with Crippen LogP contribution in [-0.4, -0.2) is 19.9 Å². The van der Waals surface area contributed by atoms with Crippen molar-refractivity contribution in [3.63, 3.8) is 0 Å². The second kappa shape index (κ2) is 6.67. The van der Waals surface area contributed by atoms with Crippen LogP contribution in [0, 0.1) is 0 Å². The van der Waals surface area contributed by atoms with Crippen LogP contribution in [0.1, 0.15) is 22.8 Å². The Morgan fingerprint density at radius 2 is 1.07 bits per heavy atom. The summed E-state index contributed by atoms with van der Waals surface area (Å²) in [6, 6.07) is 20.5. The van der Waals surface area contributed by atoms with Crippen LogP contribution in [0.2, 0.25) is 0 Å². The summed E-state index contributed by atoms with van der Waals surface area (Å²) < 4.78 is 2.07. The van der Waals surface area contributed by atoms with Crippen molar-refractivity contribution >= 4 is 46.4 Å². The van der Waals surface area contributed by atoms with Crippen molar-refractivity contribution in [2.45, 2.75) is 0 Å². The Labute approximate surface area is 172 Å². The maximum absolute atomic E-state index is 4.88. The van der Waals surface area contributed by atoms with Gasteiger partial charge in [-0.05, 0) is 66.8 Å². The molecule has 142 valence electrons. The summed E-state index contributed by atoms with van der Waals surface area (Å²) in [4.78, 5) is 16.6. The van der Waals surface area contributed by atoms with Crippen LogP contribution in [0.25, 0.3) is 52.1 Å². The van der Waals surface area contributed by atoms with Gasteiger partial charge < -0.3 is 9.97 Å². The van der Waals surface area contributed by atoms with E-state index < -0.39 is 0 Å². The Bertz CT molecular complexity index is 1390. The van der Waals surface area contributed by atoms with Gasteiger partial charge in [-0.1, -0.05) is 6.07 Å². The van der Waals surface area contributed by atoms with Crippen LogP contribution in [0.3, 0.4) is 0 Å². The van der Waals surface area contributed by atoms with Crippen LogP contribution in [-0.2, 0) is 0 Å². The Kier molecular flexibility index (Phi) is 3.71. The highest BCUT2D eigenvalue weighted by Gasteiger charge is 2.19. The van der Waals surface area contributed by atoms with Crippen LogP contribution in [0.15, 0.2) is 73.1 Å². The standard InChI is InChI=1S/C25H18N5/c1-2-12-30(13-3-1)25-23-10-8-21(28-23)15-19-6-4-17(26-19)14-18-5-7-20(27-18)16-22-9-11-24(25)29-22/h1-16,26-27H/q+1. The molecule has 0 saturated carbocycles. The van der Waals surface area contributed by atoms with E-state index in [9.17, 15) is 0 Å². The molecule has 0 fully saturated rings. The zero-order chi connectivity index (χ0) is 19.9. The summed E-state index contributed by atoms with van der Waals surface area (Å²) in [5, 5.41) is 0. The lowest BCUT2D eigenvalue weighted by atomic mass is 10.2. The topological polar surface area (TPSA) is 61.2 Å². The number of aromatic amines is 2. The summed E-state index contributed by atoms with van der Waals surface area (Å²) in [5.74, 6) is 0. The minimum atomic E-state index is 0.884. The molecule has 0 amide bonds. The number of aromatic nitrogens is 5. The first-order valence-corrected chi connectivity index (χ1v) is 9.84. The van der Waals surface area contributed by atoms with E-state index in [1.807, 2.05) is 54.9 Å². The summed E-state index contributed by atoms with van der Waals surface area (Å²) in [6.45, 7) is 0. The maximum Gasteiger partial charge on any atom is 0.262 e. The molecule has 2 N–H and O–H groups in total. The highest BCUT2D eigenvalue weighted by atomic mass is 15.0. The van der Waals surface area contributed by atoms with Gasteiger partial charge in [0, 0.05) is 34.2 Å². The molecule has 5 nitrogen and oxygen atoms in total. The Balaban J connectivity index is 1.73. The molecule has 6 heterocycles. The van der Waals surface area contributed by atoms with E-state index in [-0.39, 0.29) is 0 Å². The zero-order valence-corrected chi connectivity index (χ0v) is 16.1. The lowest BCUT2D eigenvalue weighted by Crippen LogP contribution is -2.31. The first kappa shape index (κ1) is 16.7. The number of rotatable bonds is 1.